The maximum atomic E-state index is 9.35. The van der Waals surface area contributed by atoms with Gasteiger partial charge >= 0.3 is 0 Å². The lowest BCUT2D eigenvalue weighted by Crippen LogP contribution is -2.43. The Morgan fingerprint density at radius 2 is 2.03 bits per heavy atom. The lowest BCUT2D eigenvalue weighted by molar-refractivity contribution is -0.0365. The monoisotopic (exact) mass is 528 g/mol. The highest BCUT2D eigenvalue weighted by atomic mass is 28.4. The zero-order valence-corrected chi connectivity index (χ0v) is 24.4. The van der Waals surface area contributed by atoms with Crippen LogP contribution in [0.15, 0.2) is 30.7 Å². The van der Waals surface area contributed by atoms with E-state index in [1.165, 1.54) is 0 Å². The maximum Gasteiger partial charge on any atom is 0.250 e. The van der Waals surface area contributed by atoms with Gasteiger partial charge in [-0.1, -0.05) is 20.8 Å². The Labute approximate surface area is 222 Å². The van der Waals surface area contributed by atoms with Crippen molar-refractivity contribution in [3.8, 4) is 17.1 Å². The first-order valence-electron chi connectivity index (χ1n) is 13.7. The summed E-state index contributed by atoms with van der Waals surface area (Å²) in [5.41, 5.74) is 2.75. The van der Waals surface area contributed by atoms with Gasteiger partial charge in [-0.15, -0.1) is 0 Å². The molecule has 8 nitrogen and oxygen atoms in total. The summed E-state index contributed by atoms with van der Waals surface area (Å²) in [7, 11) is -1.98. The average Bonchev–Trinajstić information content (AvgIpc) is 3.45. The second kappa shape index (κ2) is 11.7. The molecule has 1 N–H and O–H groups in total. The molecule has 1 aliphatic rings. The van der Waals surface area contributed by atoms with Crippen molar-refractivity contribution in [2.75, 3.05) is 19.8 Å². The maximum absolute atomic E-state index is 9.35. The molecule has 1 unspecified atom stereocenters. The fourth-order valence-electron chi connectivity index (χ4n) is 4.27. The zero-order chi connectivity index (χ0) is 26.6. The molecule has 2 atom stereocenters. The van der Waals surface area contributed by atoms with Crippen molar-refractivity contribution >= 4 is 19.2 Å². The number of benzene rings is 1. The lowest BCUT2D eigenvalue weighted by atomic mass is 10.1. The SMILES string of the molecule is C[C@@H](O)CCOCCCn1cnc(-c2nn(C3CCCCO3)c3ccc(O[Si](C)(C)C(C)(C)C)cc23)c1. The molecule has 0 spiro atoms. The smallest absolute Gasteiger partial charge is 0.250 e. The molecule has 9 heteroatoms. The summed E-state index contributed by atoms with van der Waals surface area (Å²) in [6, 6.07) is 6.32. The van der Waals surface area contributed by atoms with E-state index in [0.717, 1.165) is 66.9 Å². The van der Waals surface area contributed by atoms with E-state index in [4.69, 9.17) is 24.0 Å². The van der Waals surface area contributed by atoms with E-state index in [1.54, 1.807) is 6.92 Å². The number of hydrogen-bond donors (Lipinski definition) is 1. The van der Waals surface area contributed by atoms with Crippen molar-refractivity contribution < 1.29 is 19.0 Å². The first-order valence-corrected chi connectivity index (χ1v) is 16.6. The summed E-state index contributed by atoms with van der Waals surface area (Å²) in [6.07, 6.45) is 8.29. The van der Waals surface area contributed by atoms with Gasteiger partial charge < -0.3 is 23.6 Å². The number of ether oxygens (including phenoxy) is 2. The van der Waals surface area contributed by atoms with Gasteiger partial charge in [0, 0.05) is 37.9 Å². The predicted octanol–water partition coefficient (Wildman–Crippen LogP) is 6.16. The molecule has 0 aliphatic carbocycles. The van der Waals surface area contributed by atoms with E-state index in [9.17, 15) is 5.11 Å². The van der Waals surface area contributed by atoms with Crippen LogP contribution in [-0.2, 0) is 16.0 Å². The largest absolute Gasteiger partial charge is 0.543 e. The Morgan fingerprint density at radius 1 is 1.22 bits per heavy atom. The summed E-state index contributed by atoms with van der Waals surface area (Å²) >= 11 is 0. The highest BCUT2D eigenvalue weighted by Crippen LogP contribution is 2.39. The molecule has 4 rings (SSSR count). The minimum atomic E-state index is -1.98. The molecule has 1 aliphatic heterocycles. The normalized spacial score (nSPS) is 17.9. The number of nitrogens with zero attached hydrogens (tertiary/aromatic N) is 4. The Hall–Kier alpha value is -2.20. The molecule has 1 fully saturated rings. The van der Waals surface area contributed by atoms with Gasteiger partial charge in [-0.25, -0.2) is 9.67 Å². The summed E-state index contributed by atoms with van der Waals surface area (Å²) in [5, 5.41) is 15.5. The fourth-order valence-corrected chi connectivity index (χ4v) is 5.29. The highest BCUT2D eigenvalue weighted by molar-refractivity contribution is 6.74. The number of aliphatic hydroxyl groups excluding tert-OH is 1. The van der Waals surface area contributed by atoms with E-state index in [0.29, 0.717) is 19.6 Å². The van der Waals surface area contributed by atoms with Crippen molar-refractivity contribution in [1.82, 2.24) is 19.3 Å². The van der Waals surface area contributed by atoms with Crippen LogP contribution in [0.2, 0.25) is 18.1 Å². The van der Waals surface area contributed by atoms with Crippen LogP contribution in [0, 0.1) is 0 Å². The molecule has 1 aromatic carbocycles. The Balaban J connectivity index is 1.58. The van der Waals surface area contributed by atoms with Gasteiger partial charge in [0.2, 0.25) is 8.32 Å². The number of hydrogen-bond acceptors (Lipinski definition) is 6. The minimum Gasteiger partial charge on any atom is -0.543 e. The topological polar surface area (TPSA) is 83.6 Å². The molecule has 1 saturated heterocycles. The molecule has 204 valence electrons. The van der Waals surface area contributed by atoms with E-state index >= 15 is 0 Å². The molecule has 3 heterocycles. The van der Waals surface area contributed by atoms with Crippen molar-refractivity contribution in [2.45, 2.75) is 96.8 Å². The van der Waals surface area contributed by atoms with Gasteiger partial charge in [0.1, 0.15) is 17.1 Å². The van der Waals surface area contributed by atoms with Gasteiger partial charge in [0.25, 0.3) is 0 Å². The molecule has 0 amide bonds. The third kappa shape index (κ3) is 6.82. The van der Waals surface area contributed by atoms with Gasteiger partial charge in [0.15, 0.2) is 6.23 Å². The van der Waals surface area contributed by atoms with Crippen LogP contribution >= 0.6 is 0 Å². The third-order valence-corrected chi connectivity index (χ3v) is 11.9. The number of imidazole rings is 1. The first-order chi connectivity index (χ1) is 17.5. The van der Waals surface area contributed by atoms with E-state index in [-0.39, 0.29) is 17.4 Å². The van der Waals surface area contributed by atoms with Crippen molar-refractivity contribution in [2.24, 2.45) is 0 Å². The molecule has 0 saturated carbocycles. The van der Waals surface area contributed by atoms with Gasteiger partial charge in [-0.05, 0) is 75.4 Å². The molecule has 0 bridgehead atoms. The predicted molar refractivity (Wildman–Crippen MR) is 149 cm³/mol. The third-order valence-electron chi connectivity index (χ3n) is 7.55. The van der Waals surface area contributed by atoms with E-state index in [1.807, 2.05) is 11.0 Å². The Bertz CT molecular complexity index is 1160. The summed E-state index contributed by atoms with van der Waals surface area (Å²) in [4.78, 5) is 4.72. The van der Waals surface area contributed by atoms with Crippen LogP contribution in [0.5, 0.6) is 5.75 Å². The molecular weight excluding hydrogens is 484 g/mol. The average molecular weight is 529 g/mol. The number of rotatable bonds is 11. The number of aliphatic hydroxyl groups is 1. The van der Waals surface area contributed by atoms with Gasteiger partial charge in [0.05, 0.1) is 17.9 Å². The molecule has 37 heavy (non-hydrogen) atoms. The van der Waals surface area contributed by atoms with Crippen LogP contribution < -0.4 is 4.43 Å². The van der Waals surface area contributed by atoms with Crippen LogP contribution in [0.3, 0.4) is 0 Å². The zero-order valence-electron chi connectivity index (χ0n) is 23.4. The lowest BCUT2D eigenvalue weighted by Gasteiger charge is -2.36. The van der Waals surface area contributed by atoms with E-state index < -0.39 is 8.32 Å². The van der Waals surface area contributed by atoms with Crippen molar-refractivity contribution in [3.05, 3.63) is 30.7 Å². The van der Waals surface area contributed by atoms with Crippen LogP contribution in [-0.4, -0.2) is 58.7 Å². The van der Waals surface area contributed by atoms with Gasteiger partial charge in [-0.2, -0.15) is 5.10 Å². The Morgan fingerprint density at radius 3 is 2.73 bits per heavy atom. The number of fused-ring (bicyclic) bond motifs is 1. The Kier molecular flexibility index (Phi) is 8.78. The van der Waals surface area contributed by atoms with Crippen LogP contribution in [0.1, 0.15) is 66.0 Å². The fraction of sp³-hybridized carbons (Fsp3) is 0.643. The summed E-state index contributed by atoms with van der Waals surface area (Å²) < 4.78 is 22.5. The minimum absolute atomic E-state index is 0.0574. The number of aryl methyl sites for hydroxylation is 1. The van der Waals surface area contributed by atoms with E-state index in [2.05, 4.69) is 62.8 Å². The van der Waals surface area contributed by atoms with Crippen molar-refractivity contribution in [1.29, 1.82) is 0 Å². The standard InChI is InChI=1S/C28H44N4O4Si/c1-21(33)13-17-34-15-9-14-31-19-24(29-20-31)27-23-18-22(36-37(5,6)28(2,3)4)11-12-25(23)32(30-27)26-10-7-8-16-35-26/h11-12,18-21,26,33H,7-10,13-17H2,1-6H3/t21-,26?/m1/s1. The second-order valence-electron chi connectivity index (χ2n) is 11.8. The highest BCUT2D eigenvalue weighted by Gasteiger charge is 2.39. The summed E-state index contributed by atoms with van der Waals surface area (Å²) in [5.74, 6) is 0.887. The van der Waals surface area contributed by atoms with Crippen LogP contribution in [0.4, 0.5) is 0 Å². The molecule has 0 radical (unpaired) electrons. The first kappa shape index (κ1) is 27.8. The summed E-state index contributed by atoms with van der Waals surface area (Å²) in [6.45, 7) is 15.9. The van der Waals surface area contributed by atoms with Gasteiger partial charge in [-0.3, -0.25) is 0 Å². The quantitative estimate of drug-likeness (QED) is 0.237. The second-order valence-corrected chi connectivity index (χ2v) is 16.5. The molecule has 3 aromatic rings. The molecule has 2 aromatic heterocycles. The van der Waals surface area contributed by atoms with Crippen molar-refractivity contribution in [3.63, 3.8) is 0 Å². The number of aromatic nitrogens is 4. The molecular formula is C28H44N4O4Si. The van der Waals surface area contributed by atoms with Crippen LogP contribution in [0.25, 0.3) is 22.3 Å².